The van der Waals surface area contributed by atoms with E-state index in [0.29, 0.717) is 23.6 Å². The van der Waals surface area contributed by atoms with Gasteiger partial charge in [-0.25, -0.2) is 4.39 Å². The van der Waals surface area contributed by atoms with Gasteiger partial charge < -0.3 is 15.1 Å². The third-order valence-electron chi connectivity index (χ3n) is 5.87. The molecule has 2 aliphatic rings. The van der Waals surface area contributed by atoms with E-state index in [1.54, 1.807) is 19.2 Å². The fourth-order valence-corrected chi connectivity index (χ4v) is 4.34. The van der Waals surface area contributed by atoms with Gasteiger partial charge in [0.25, 0.3) is 0 Å². The molecule has 2 heterocycles. The summed E-state index contributed by atoms with van der Waals surface area (Å²) < 4.78 is 13.9. The quantitative estimate of drug-likeness (QED) is 0.583. The van der Waals surface area contributed by atoms with E-state index in [9.17, 15) is 9.18 Å². The molecule has 0 aliphatic carbocycles. The topological polar surface area (TPSA) is 51.2 Å². The number of carbonyl (C=O) groups excluding carboxylic acids is 1. The first-order valence-corrected chi connectivity index (χ1v) is 10.8. The van der Waals surface area contributed by atoms with Crippen molar-refractivity contribution >= 4 is 23.5 Å². The summed E-state index contributed by atoms with van der Waals surface area (Å²) in [6.45, 7) is 7.60. The molecule has 6 nitrogen and oxygen atoms in total. The molecular formula is C21H31ClFN5O. The third kappa shape index (κ3) is 5.39. The summed E-state index contributed by atoms with van der Waals surface area (Å²) in [7, 11) is 1.75. The highest BCUT2D eigenvalue weighted by molar-refractivity contribution is 6.31. The lowest BCUT2D eigenvalue weighted by Crippen LogP contribution is -2.57. The number of halogens is 2. The molecular weight excluding hydrogens is 393 g/mol. The maximum Gasteiger partial charge on any atom is 0.239 e. The molecule has 1 atom stereocenters. The monoisotopic (exact) mass is 423 g/mol. The Morgan fingerprint density at radius 3 is 2.48 bits per heavy atom. The normalized spacial score (nSPS) is 19.5. The van der Waals surface area contributed by atoms with Crippen LogP contribution in [-0.4, -0.2) is 85.5 Å². The first-order valence-electron chi connectivity index (χ1n) is 10.4. The van der Waals surface area contributed by atoms with Crippen molar-refractivity contribution in [3.05, 3.63) is 34.6 Å². The van der Waals surface area contributed by atoms with Gasteiger partial charge in [0.2, 0.25) is 5.91 Å². The minimum atomic E-state index is -0.278. The highest BCUT2D eigenvalue weighted by atomic mass is 35.5. The third-order valence-corrected chi connectivity index (χ3v) is 6.22. The number of hydrogen-bond acceptors (Lipinski definition) is 3. The number of amides is 1. The van der Waals surface area contributed by atoms with Gasteiger partial charge in [0.1, 0.15) is 5.82 Å². The first kappa shape index (κ1) is 21.8. The second-order valence-electron chi connectivity index (χ2n) is 7.66. The summed E-state index contributed by atoms with van der Waals surface area (Å²) in [4.78, 5) is 23.4. The standard InChI is InChI=1S/C21H31ClFN5O/c1-16(20(29)27-10-3-4-11-27)26-12-14-28(15-13-26)21(24-2)25-9-8-17-18(22)6-5-7-19(17)23/h5-7,16H,3-4,8-15H2,1-2H3,(H,24,25). The molecule has 8 heteroatoms. The highest BCUT2D eigenvalue weighted by Crippen LogP contribution is 2.19. The molecule has 0 aromatic heterocycles. The average molecular weight is 424 g/mol. The summed E-state index contributed by atoms with van der Waals surface area (Å²) in [5, 5.41) is 3.76. The van der Waals surface area contributed by atoms with Crippen LogP contribution >= 0.6 is 11.6 Å². The van der Waals surface area contributed by atoms with Crippen molar-refractivity contribution in [2.45, 2.75) is 32.2 Å². The van der Waals surface area contributed by atoms with Gasteiger partial charge in [0, 0.05) is 63.4 Å². The van der Waals surface area contributed by atoms with Gasteiger partial charge in [0.05, 0.1) is 6.04 Å². The van der Waals surface area contributed by atoms with E-state index in [1.165, 1.54) is 6.07 Å². The molecule has 1 aromatic rings. The van der Waals surface area contributed by atoms with Gasteiger partial charge in [-0.2, -0.15) is 0 Å². The molecule has 0 saturated carbocycles. The van der Waals surface area contributed by atoms with Gasteiger partial charge in [-0.05, 0) is 38.3 Å². The first-order chi connectivity index (χ1) is 14.0. The van der Waals surface area contributed by atoms with Gasteiger partial charge >= 0.3 is 0 Å². The zero-order chi connectivity index (χ0) is 20.8. The molecule has 29 heavy (non-hydrogen) atoms. The van der Waals surface area contributed by atoms with Crippen LogP contribution in [-0.2, 0) is 11.2 Å². The van der Waals surface area contributed by atoms with E-state index in [1.807, 2.05) is 11.8 Å². The van der Waals surface area contributed by atoms with Gasteiger partial charge in [-0.1, -0.05) is 17.7 Å². The number of nitrogens with one attached hydrogen (secondary N) is 1. The van der Waals surface area contributed by atoms with Crippen molar-refractivity contribution in [2.24, 2.45) is 4.99 Å². The zero-order valence-corrected chi connectivity index (χ0v) is 18.1. The SMILES string of the molecule is CN=C(NCCc1c(F)cccc1Cl)N1CCN(C(C)C(=O)N2CCCC2)CC1. The number of carbonyl (C=O) groups is 1. The fourth-order valence-electron chi connectivity index (χ4n) is 4.08. The van der Waals surface area contributed by atoms with Crippen LogP contribution in [0.4, 0.5) is 4.39 Å². The average Bonchev–Trinajstić information content (AvgIpc) is 3.27. The second kappa shape index (κ2) is 10.3. The number of aliphatic imine (C=N–C) groups is 1. The number of guanidine groups is 1. The molecule has 1 amide bonds. The molecule has 3 rings (SSSR count). The van der Waals surface area contributed by atoms with Crippen LogP contribution in [0.2, 0.25) is 5.02 Å². The van der Waals surface area contributed by atoms with Gasteiger partial charge in [0.15, 0.2) is 5.96 Å². The van der Waals surface area contributed by atoms with Gasteiger partial charge in [-0.15, -0.1) is 0 Å². The van der Waals surface area contributed by atoms with Crippen LogP contribution < -0.4 is 5.32 Å². The maximum absolute atomic E-state index is 13.9. The molecule has 160 valence electrons. The smallest absolute Gasteiger partial charge is 0.239 e. The van der Waals surface area contributed by atoms with Crippen molar-refractivity contribution < 1.29 is 9.18 Å². The lowest BCUT2D eigenvalue weighted by Gasteiger charge is -2.39. The van der Waals surface area contributed by atoms with E-state index >= 15 is 0 Å². The minimum Gasteiger partial charge on any atom is -0.356 e. The van der Waals surface area contributed by atoms with Crippen LogP contribution in [0.1, 0.15) is 25.3 Å². The molecule has 2 fully saturated rings. The van der Waals surface area contributed by atoms with E-state index < -0.39 is 0 Å². The number of rotatable bonds is 5. The minimum absolute atomic E-state index is 0.0755. The summed E-state index contributed by atoms with van der Waals surface area (Å²) in [5.41, 5.74) is 0.524. The molecule has 0 bridgehead atoms. The molecule has 2 saturated heterocycles. The Hall–Kier alpha value is -1.86. The molecule has 0 spiro atoms. The zero-order valence-electron chi connectivity index (χ0n) is 17.3. The van der Waals surface area contributed by atoms with Crippen LogP contribution in [0, 0.1) is 5.82 Å². The van der Waals surface area contributed by atoms with E-state index in [0.717, 1.165) is 58.1 Å². The highest BCUT2D eigenvalue weighted by Gasteiger charge is 2.30. The summed E-state index contributed by atoms with van der Waals surface area (Å²) in [6.07, 6.45) is 2.73. The van der Waals surface area contributed by atoms with E-state index in [2.05, 4.69) is 20.1 Å². The Kier molecular flexibility index (Phi) is 7.72. The number of benzene rings is 1. The van der Waals surface area contributed by atoms with Crippen molar-refractivity contribution in [2.75, 3.05) is 52.9 Å². The number of nitrogens with zero attached hydrogens (tertiary/aromatic N) is 4. The Balaban J connectivity index is 1.46. The van der Waals surface area contributed by atoms with E-state index in [4.69, 9.17) is 11.6 Å². The number of hydrogen-bond donors (Lipinski definition) is 1. The van der Waals surface area contributed by atoms with Crippen molar-refractivity contribution in [1.29, 1.82) is 0 Å². The van der Waals surface area contributed by atoms with E-state index in [-0.39, 0.29) is 17.8 Å². The summed E-state index contributed by atoms with van der Waals surface area (Å²) >= 11 is 6.10. The van der Waals surface area contributed by atoms with Crippen molar-refractivity contribution in [1.82, 2.24) is 20.0 Å². The maximum atomic E-state index is 13.9. The predicted octanol–water partition coefficient (Wildman–Crippen LogP) is 2.23. The summed E-state index contributed by atoms with van der Waals surface area (Å²) in [5.74, 6) is 0.774. The van der Waals surface area contributed by atoms with Crippen molar-refractivity contribution in [3.63, 3.8) is 0 Å². The Morgan fingerprint density at radius 1 is 1.17 bits per heavy atom. The predicted molar refractivity (Wildman–Crippen MR) is 115 cm³/mol. The lowest BCUT2D eigenvalue weighted by molar-refractivity contribution is -0.135. The van der Waals surface area contributed by atoms with Gasteiger partial charge in [-0.3, -0.25) is 14.7 Å². The second-order valence-corrected chi connectivity index (χ2v) is 8.06. The van der Waals surface area contributed by atoms with Crippen molar-refractivity contribution in [3.8, 4) is 0 Å². The Labute approximate surface area is 177 Å². The largest absolute Gasteiger partial charge is 0.356 e. The lowest BCUT2D eigenvalue weighted by atomic mass is 10.1. The van der Waals surface area contributed by atoms with Crippen LogP contribution in [0.25, 0.3) is 0 Å². The molecule has 2 aliphatic heterocycles. The fraction of sp³-hybridized carbons (Fsp3) is 0.619. The molecule has 1 N–H and O–H groups in total. The van der Waals surface area contributed by atoms with Crippen LogP contribution in [0.15, 0.2) is 23.2 Å². The summed E-state index contributed by atoms with van der Waals surface area (Å²) in [6, 6.07) is 4.68. The Bertz CT molecular complexity index is 710. The van der Waals surface area contributed by atoms with Crippen LogP contribution in [0.3, 0.4) is 0 Å². The number of likely N-dealkylation sites (tertiary alicyclic amines) is 1. The molecule has 1 aromatic carbocycles. The molecule has 0 radical (unpaired) electrons. The Morgan fingerprint density at radius 2 is 1.86 bits per heavy atom. The number of piperazine rings is 1. The molecule has 1 unspecified atom stereocenters. The van der Waals surface area contributed by atoms with Crippen LogP contribution in [0.5, 0.6) is 0 Å².